The van der Waals surface area contributed by atoms with Gasteiger partial charge in [0.05, 0.1) is 15.4 Å². The van der Waals surface area contributed by atoms with Crippen LogP contribution in [-0.2, 0) is 4.79 Å². The van der Waals surface area contributed by atoms with E-state index in [1.807, 2.05) is 13.8 Å². The lowest BCUT2D eigenvalue weighted by atomic mass is 10.1. The van der Waals surface area contributed by atoms with Gasteiger partial charge >= 0.3 is 0 Å². The molecule has 22 heavy (non-hydrogen) atoms. The molecule has 0 aliphatic carbocycles. The van der Waals surface area contributed by atoms with E-state index >= 15 is 0 Å². The molecular weight excluding hydrogens is 304 g/mol. The summed E-state index contributed by atoms with van der Waals surface area (Å²) in [5.41, 5.74) is 0.520. The second-order valence-electron chi connectivity index (χ2n) is 5.21. The van der Waals surface area contributed by atoms with E-state index in [0.717, 1.165) is 11.2 Å². The van der Waals surface area contributed by atoms with Crippen molar-refractivity contribution in [2.24, 2.45) is 0 Å². The Balaban J connectivity index is 2.11. The van der Waals surface area contributed by atoms with Crippen LogP contribution in [0.2, 0.25) is 0 Å². The van der Waals surface area contributed by atoms with Crippen LogP contribution in [0.5, 0.6) is 0 Å². The van der Waals surface area contributed by atoms with Gasteiger partial charge in [0.2, 0.25) is 5.91 Å². The molecule has 112 valence electrons. The number of fused-ring (bicyclic) bond motifs is 1. The summed E-state index contributed by atoms with van der Waals surface area (Å²) in [6.45, 7) is 3.63. The average Bonchev–Trinajstić information content (AvgIpc) is 2.48. The van der Waals surface area contributed by atoms with E-state index in [9.17, 15) is 14.9 Å². The maximum atomic E-state index is 12.7. The number of carbonyl (C=O) groups is 1. The Morgan fingerprint density at radius 2 is 2.05 bits per heavy atom. The highest BCUT2D eigenvalue weighted by molar-refractivity contribution is 8.01. The number of hydrogen-bond acceptors (Lipinski definition) is 6. The minimum absolute atomic E-state index is 0.117. The highest BCUT2D eigenvalue weighted by Gasteiger charge is 2.41. The molecule has 7 nitrogen and oxygen atoms in total. The number of anilines is 2. The van der Waals surface area contributed by atoms with Gasteiger partial charge in [0.1, 0.15) is 17.0 Å². The molecule has 0 aromatic carbocycles. The van der Waals surface area contributed by atoms with E-state index < -0.39 is 9.67 Å². The number of thioether (sulfide) groups is 1. The van der Waals surface area contributed by atoms with Crippen molar-refractivity contribution in [2.75, 3.05) is 4.90 Å². The van der Waals surface area contributed by atoms with Gasteiger partial charge in [-0.2, -0.15) is 0 Å². The van der Waals surface area contributed by atoms with Gasteiger partial charge in [-0.25, -0.2) is 9.97 Å². The van der Waals surface area contributed by atoms with Crippen LogP contribution in [0, 0.1) is 10.1 Å². The third-order valence-corrected chi connectivity index (χ3v) is 4.43. The molecule has 0 N–H and O–H groups in total. The maximum absolute atomic E-state index is 12.7. The summed E-state index contributed by atoms with van der Waals surface area (Å²) in [4.78, 5) is 32.8. The van der Waals surface area contributed by atoms with Crippen molar-refractivity contribution in [3.05, 3.63) is 46.8 Å². The minimum atomic E-state index is -0.690. The average molecular weight is 316 g/mol. The van der Waals surface area contributed by atoms with Gasteiger partial charge in [-0.3, -0.25) is 19.8 Å². The van der Waals surface area contributed by atoms with Crippen molar-refractivity contribution in [2.45, 2.75) is 23.6 Å². The Bertz CT molecular complexity index is 761. The molecule has 0 saturated carbocycles. The molecule has 3 rings (SSSR count). The first kappa shape index (κ1) is 14.5. The molecule has 2 aromatic rings. The molecule has 8 heteroatoms. The quantitative estimate of drug-likeness (QED) is 0.625. The molecule has 0 atom stereocenters. The molecule has 0 unspecified atom stereocenters. The smallest absolute Gasteiger partial charge is 0.272 e. The zero-order valence-electron chi connectivity index (χ0n) is 11.9. The predicted octanol–water partition coefficient (Wildman–Crippen LogP) is 2.93. The molecule has 3 heterocycles. The summed E-state index contributed by atoms with van der Waals surface area (Å²) in [7, 11) is 0. The summed E-state index contributed by atoms with van der Waals surface area (Å²) >= 11 is 1.39. The third-order valence-electron chi connectivity index (χ3n) is 3.23. The van der Waals surface area contributed by atoms with Crippen LogP contribution in [0.1, 0.15) is 13.8 Å². The maximum Gasteiger partial charge on any atom is 0.287 e. The second kappa shape index (κ2) is 5.06. The number of rotatable bonds is 2. The molecule has 0 bridgehead atoms. The molecule has 1 amide bonds. The lowest BCUT2D eigenvalue weighted by Crippen LogP contribution is -2.44. The topological polar surface area (TPSA) is 89.2 Å². The Hall–Kier alpha value is -2.48. The summed E-state index contributed by atoms with van der Waals surface area (Å²) in [5, 5.41) is 11.5. The van der Waals surface area contributed by atoms with Gasteiger partial charge in [0, 0.05) is 12.3 Å². The van der Waals surface area contributed by atoms with Gasteiger partial charge in [-0.15, -0.1) is 0 Å². The first-order chi connectivity index (χ1) is 10.4. The van der Waals surface area contributed by atoms with Crippen molar-refractivity contribution in [3.8, 4) is 0 Å². The van der Waals surface area contributed by atoms with Crippen LogP contribution in [0.15, 0.2) is 41.7 Å². The van der Waals surface area contributed by atoms with Crippen LogP contribution in [0.3, 0.4) is 0 Å². The number of aromatic nitrogens is 2. The number of nitro groups is 1. The SMILES string of the molecule is CC1(C)Sc2ncccc2N(c2ccc([N+](=O)[O-])cn2)C1=O. The van der Waals surface area contributed by atoms with Gasteiger partial charge in [0.15, 0.2) is 0 Å². The molecule has 0 radical (unpaired) electrons. The number of amides is 1. The van der Waals surface area contributed by atoms with Gasteiger partial charge in [0.25, 0.3) is 5.69 Å². The normalized spacial score (nSPS) is 16.3. The van der Waals surface area contributed by atoms with E-state index in [0.29, 0.717) is 11.5 Å². The largest absolute Gasteiger partial charge is 0.287 e. The molecule has 0 spiro atoms. The van der Waals surface area contributed by atoms with E-state index in [1.165, 1.54) is 28.8 Å². The molecule has 1 aliphatic heterocycles. The summed E-state index contributed by atoms with van der Waals surface area (Å²) in [6, 6.07) is 6.33. The first-order valence-corrected chi connectivity index (χ1v) is 7.31. The Morgan fingerprint density at radius 1 is 1.27 bits per heavy atom. The van der Waals surface area contributed by atoms with Crippen molar-refractivity contribution in [1.82, 2.24) is 9.97 Å². The van der Waals surface area contributed by atoms with E-state index in [4.69, 9.17) is 0 Å². The summed E-state index contributed by atoms with van der Waals surface area (Å²) in [5.74, 6) is 0.206. The number of carbonyl (C=O) groups excluding carboxylic acids is 1. The fourth-order valence-electron chi connectivity index (χ4n) is 2.14. The number of pyridine rings is 2. The van der Waals surface area contributed by atoms with Gasteiger partial charge < -0.3 is 0 Å². The van der Waals surface area contributed by atoms with Crippen LogP contribution in [-0.4, -0.2) is 25.5 Å². The predicted molar refractivity (Wildman–Crippen MR) is 82.2 cm³/mol. The molecule has 0 saturated heterocycles. The van der Waals surface area contributed by atoms with Crippen LogP contribution in [0.25, 0.3) is 0 Å². The second-order valence-corrected chi connectivity index (χ2v) is 6.82. The van der Waals surface area contributed by atoms with E-state index in [1.54, 1.807) is 18.3 Å². The third kappa shape index (κ3) is 2.31. The molecule has 0 fully saturated rings. The van der Waals surface area contributed by atoms with Crippen LogP contribution in [0.4, 0.5) is 17.2 Å². The van der Waals surface area contributed by atoms with Crippen molar-refractivity contribution < 1.29 is 9.72 Å². The van der Waals surface area contributed by atoms with Gasteiger partial charge in [-0.05, 0) is 32.0 Å². The fourth-order valence-corrected chi connectivity index (χ4v) is 3.18. The number of nitrogens with zero attached hydrogens (tertiary/aromatic N) is 4. The summed E-state index contributed by atoms with van der Waals surface area (Å²) < 4.78 is -0.690. The van der Waals surface area contributed by atoms with Crippen molar-refractivity contribution in [1.29, 1.82) is 0 Å². The highest BCUT2D eigenvalue weighted by Crippen LogP contribution is 2.46. The molecule has 1 aliphatic rings. The number of hydrogen-bond donors (Lipinski definition) is 0. The Labute approximate surface area is 130 Å². The van der Waals surface area contributed by atoms with Crippen LogP contribution < -0.4 is 4.90 Å². The minimum Gasteiger partial charge on any atom is -0.272 e. The Kier molecular flexibility index (Phi) is 3.32. The molecular formula is C14H12N4O3S. The summed E-state index contributed by atoms with van der Waals surface area (Å²) in [6.07, 6.45) is 2.81. The van der Waals surface area contributed by atoms with Gasteiger partial charge in [-0.1, -0.05) is 11.8 Å². The lowest BCUT2D eigenvalue weighted by molar-refractivity contribution is -0.385. The van der Waals surface area contributed by atoms with Crippen molar-refractivity contribution in [3.63, 3.8) is 0 Å². The lowest BCUT2D eigenvalue weighted by Gasteiger charge is -2.36. The van der Waals surface area contributed by atoms with E-state index in [-0.39, 0.29) is 11.6 Å². The highest BCUT2D eigenvalue weighted by atomic mass is 32.2. The molecule has 2 aromatic heterocycles. The van der Waals surface area contributed by atoms with Crippen molar-refractivity contribution >= 4 is 34.9 Å². The van der Waals surface area contributed by atoms with Crippen LogP contribution >= 0.6 is 11.8 Å². The zero-order chi connectivity index (χ0) is 15.9. The standard InChI is InChI=1S/C14H12N4O3S/c1-14(2)13(19)17(10-4-3-7-15-12(10)22-14)11-6-5-9(8-16-11)18(20)21/h3-8H,1-2H3. The fraction of sp³-hybridized carbons (Fsp3) is 0.214. The Morgan fingerprint density at radius 3 is 2.68 bits per heavy atom. The zero-order valence-corrected chi connectivity index (χ0v) is 12.7. The monoisotopic (exact) mass is 316 g/mol. The first-order valence-electron chi connectivity index (χ1n) is 6.49. The van der Waals surface area contributed by atoms with E-state index in [2.05, 4.69) is 9.97 Å².